The summed E-state index contributed by atoms with van der Waals surface area (Å²) >= 11 is 0. The van der Waals surface area contributed by atoms with Crippen LogP contribution < -0.4 is 11.1 Å². The van der Waals surface area contributed by atoms with Gasteiger partial charge in [-0.15, -0.1) is 0 Å². The molecule has 1 atom stereocenters. The maximum Gasteiger partial charge on any atom is 0.225 e. The first-order valence-corrected chi connectivity index (χ1v) is 6.02. The van der Waals surface area contributed by atoms with Gasteiger partial charge in [-0.2, -0.15) is 0 Å². The summed E-state index contributed by atoms with van der Waals surface area (Å²) in [6.45, 7) is 0.592. The summed E-state index contributed by atoms with van der Waals surface area (Å²) < 4.78 is 0. The molecule has 1 rings (SSSR count). The van der Waals surface area contributed by atoms with Crippen LogP contribution in [0.15, 0.2) is 24.5 Å². The number of nitrogens with two attached hydrogens (primary N) is 1. The minimum absolute atomic E-state index is 0.191. The fraction of sp³-hybridized carbons (Fsp3) is 0.462. The number of aromatic nitrogens is 1. The molecular formula is C13H18N3O2. The lowest BCUT2D eigenvalue weighted by molar-refractivity contribution is -0.120. The van der Waals surface area contributed by atoms with Gasteiger partial charge in [0.15, 0.2) is 0 Å². The SMILES string of the molecule is NCCCC[C@H]([C]=O)NC(=O)Cc1cccnc1. The normalized spacial score (nSPS) is 11.8. The highest BCUT2D eigenvalue weighted by Gasteiger charge is 2.12. The molecule has 5 nitrogen and oxygen atoms in total. The van der Waals surface area contributed by atoms with Gasteiger partial charge in [0, 0.05) is 12.4 Å². The van der Waals surface area contributed by atoms with Crippen molar-refractivity contribution in [3.05, 3.63) is 30.1 Å². The number of rotatable bonds is 8. The second-order valence-electron chi connectivity index (χ2n) is 4.06. The first-order chi connectivity index (χ1) is 8.76. The van der Waals surface area contributed by atoms with Crippen molar-refractivity contribution in [3.8, 4) is 0 Å². The standard InChI is InChI=1S/C13H18N3O2/c14-6-2-1-5-12(10-17)16-13(18)8-11-4-3-7-15-9-11/h3-4,7,9,12H,1-2,5-6,8,14H2,(H,16,18)/t12-/m1/s1. The molecule has 1 amide bonds. The Bertz CT molecular complexity index is 368. The van der Waals surface area contributed by atoms with Crippen molar-refractivity contribution in [1.29, 1.82) is 0 Å². The predicted octanol–water partition coefficient (Wildman–Crippen LogP) is 0.348. The number of carbonyl (C=O) groups excluding carboxylic acids is 2. The van der Waals surface area contributed by atoms with E-state index >= 15 is 0 Å². The summed E-state index contributed by atoms with van der Waals surface area (Å²) in [5, 5.41) is 2.64. The molecule has 1 heterocycles. The van der Waals surface area contributed by atoms with Crippen LogP contribution >= 0.6 is 0 Å². The molecule has 0 aromatic carbocycles. The van der Waals surface area contributed by atoms with Gasteiger partial charge < -0.3 is 11.1 Å². The third kappa shape index (κ3) is 5.54. The van der Waals surface area contributed by atoms with E-state index in [9.17, 15) is 9.59 Å². The molecule has 1 aromatic rings. The first-order valence-electron chi connectivity index (χ1n) is 6.02. The summed E-state index contributed by atoms with van der Waals surface area (Å²) in [7, 11) is 0. The molecule has 0 saturated carbocycles. The van der Waals surface area contributed by atoms with Crippen LogP contribution in [0, 0.1) is 0 Å². The molecule has 1 radical (unpaired) electrons. The Hall–Kier alpha value is -1.75. The van der Waals surface area contributed by atoms with Crippen LogP contribution in [0.3, 0.4) is 0 Å². The Kier molecular flexibility index (Phi) is 6.64. The maximum absolute atomic E-state index is 11.7. The van der Waals surface area contributed by atoms with Crippen molar-refractivity contribution in [2.75, 3.05) is 6.54 Å². The van der Waals surface area contributed by atoms with Gasteiger partial charge in [0.25, 0.3) is 0 Å². The largest absolute Gasteiger partial charge is 0.346 e. The van der Waals surface area contributed by atoms with Crippen molar-refractivity contribution in [2.24, 2.45) is 5.73 Å². The molecule has 0 saturated heterocycles. The molecule has 0 aliphatic heterocycles. The molecule has 3 N–H and O–H groups in total. The summed E-state index contributed by atoms with van der Waals surface area (Å²) in [5.74, 6) is -0.191. The zero-order valence-corrected chi connectivity index (χ0v) is 10.3. The van der Waals surface area contributed by atoms with Crippen LogP contribution in [-0.4, -0.2) is 29.8 Å². The topological polar surface area (TPSA) is 85.1 Å². The third-order valence-corrected chi connectivity index (χ3v) is 2.51. The van der Waals surface area contributed by atoms with E-state index in [0.29, 0.717) is 13.0 Å². The van der Waals surface area contributed by atoms with Crippen LogP contribution in [0.2, 0.25) is 0 Å². The number of pyridine rings is 1. The lowest BCUT2D eigenvalue weighted by Gasteiger charge is -2.11. The van der Waals surface area contributed by atoms with Crippen molar-refractivity contribution >= 4 is 12.2 Å². The molecule has 0 bridgehead atoms. The van der Waals surface area contributed by atoms with Crippen LogP contribution in [0.5, 0.6) is 0 Å². The van der Waals surface area contributed by atoms with Crippen LogP contribution in [0.25, 0.3) is 0 Å². The van der Waals surface area contributed by atoms with Gasteiger partial charge in [0.2, 0.25) is 12.2 Å². The molecule has 97 valence electrons. The molecule has 0 aliphatic rings. The maximum atomic E-state index is 11.7. The van der Waals surface area contributed by atoms with Crippen molar-refractivity contribution in [1.82, 2.24) is 10.3 Å². The molecule has 0 unspecified atom stereocenters. The monoisotopic (exact) mass is 248 g/mol. The van der Waals surface area contributed by atoms with Gasteiger partial charge in [0.1, 0.15) is 0 Å². The van der Waals surface area contributed by atoms with Crippen molar-refractivity contribution < 1.29 is 9.59 Å². The zero-order valence-electron chi connectivity index (χ0n) is 10.3. The summed E-state index contributed by atoms with van der Waals surface area (Å²) in [4.78, 5) is 26.3. The molecule has 1 aromatic heterocycles. The van der Waals surface area contributed by atoms with E-state index in [4.69, 9.17) is 5.73 Å². The van der Waals surface area contributed by atoms with Gasteiger partial charge in [-0.05, 0) is 37.4 Å². The molecule has 18 heavy (non-hydrogen) atoms. The van der Waals surface area contributed by atoms with E-state index in [0.717, 1.165) is 18.4 Å². The molecule has 0 spiro atoms. The van der Waals surface area contributed by atoms with E-state index in [2.05, 4.69) is 10.3 Å². The van der Waals surface area contributed by atoms with Gasteiger partial charge in [-0.1, -0.05) is 6.07 Å². The number of hydrogen-bond donors (Lipinski definition) is 2. The highest BCUT2D eigenvalue weighted by atomic mass is 16.2. The van der Waals surface area contributed by atoms with Gasteiger partial charge in [-0.25, -0.2) is 0 Å². The molecular weight excluding hydrogens is 230 g/mol. The minimum Gasteiger partial charge on any atom is -0.346 e. The Morgan fingerprint density at radius 3 is 2.94 bits per heavy atom. The van der Waals surface area contributed by atoms with E-state index < -0.39 is 6.04 Å². The average Bonchev–Trinajstić information content (AvgIpc) is 2.39. The lowest BCUT2D eigenvalue weighted by Crippen LogP contribution is -2.37. The third-order valence-electron chi connectivity index (χ3n) is 2.51. The fourth-order valence-electron chi connectivity index (χ4n) is 1.59. The first kappa shape index (κ1) is 14.3. The number of nitrogens with zero attached hydrogens (tertiary/aromatic N) is 1. The molecule has 5 heteroatoms. The molecule has 0 aliphatic carbocycles. The van der Waals surface area contributed by atoms with Crippen molar-refractivity contribution in [3.63, 3.8) is 0 Å². The lowest BCUT2D eigenvalue weighted by atomic mass is 10.1. The average molecular weight is 248 g/mol. The number of nitrogens with one attached hydrogen (secondary N) is 1. The van der Waals surface area contributed by atoms with E-state index in [1.165, 1.54) is 0 Å². The van der Waals surface area contributed by atoms with Gasteiger partial charge >= 0.3 is 0 Å². The fourth-order valence-corrected chi connectivity index (χ4v) is 1.59. The Balaban J connectivity index is 2.35. The minimum atomic E-state index is -0.541. The summed E-state index contributed by atoms with van der Waals surface area (Å²) in [6, 6.07) is 3.05. The van der Waals surface area contributed by atoms with Crippen LogP contribution in [-0.2, 0) is 16.0 Å². The highest BCUT2D eigenvalue weighted by Crippen LogP contribution is 2.00. The summed E-state index contributed by atoms with van der Waals surface area (Å²) in [5.41, 5.74) is 6.19. The predicted molar refractivity (Wildman–Crippen MR) is 68.5 cm³/mol. The number of carbonyl (C=O) groups is 1. The Labute approximate surface area is 107 Å². The quantitative estimate of drug-likeness (QED) is 0.650. The van der Waals surface area contributed by atoms with Gasteiger partial charge in [0.05, 0.1) is 12.5 Å². The Morgan fingerprint density at radius 1 is 1.50 bits per heavy atom. The second kappa shape index (κ2) is 8.36. The molecule has 0 fully saturated rings. The summed E-state index contributed by atoms with van der Waals surface area (Å²) in [6.07, 6.45) is 7.58. The van der Waals surface area contributed by atoms with Gasteiger partial charge in [-0.3, -0.25) is 14.6 Å². The zero-order chi connectivity index (χ0) is 13.2. The second-order valence-corrected chi connectivity index (χ2v) is 4.06. The van der Waals surface area contributed by atoms with E-state index in [1.54, 1.807) is 18.5 Å². The van der Waals surface area contributed by atoms with Crippen LogP contribution in [0.4, 0.5) is 0 Å². The van der Waals surface area contributed by atoms with Crippen LogP contribution in [0.1, 0.15) is 24.8 Å². The number of unbranched alkanes of at least 4 members (excludes halogenated alkanes) is 1. The smallest absolute Gasteiger partial charge is 0.225 e. The van der Waals surface area contributed by atoms with E-state index in [-0.39, 0.29) is 12.3 Å². The highest BCUT2D eigenvalue weighted by molar-refractivity contribution is 5.81. The Morgan fingerprint density at radius 2 is 2.33 bits per heavy atom. The van der Waals surface area contributed by atoms with E-state index in [1.807, 2.05) is 12.4 Å². The van der Waals surface area contributed by atoms with Crippen molar-refractivity contribution in [2.45, 2.75) is 31.7 Å². The number of hydrogen-bond acceptors (Lipinski definition) is 4. The number of amides is 1.